The molecular weight excluding hydrogens is 596 g/mol. The molecule has 44 heavy (non-hydrogen) atoms. The summed E-state index contributed by atoms with van der Waals surface area (Å²) in [6.45, 7) is 1.41. The van der Waals surface area contributed by atoms with Crippen molar-refractivity contribution in [1.82, 2.24) is 30.4 Å². The maximum absolute atomic E-state index is 13.7. The number of aromatic nitrogens is 4. The Morgan fingerprint density at radius 1 is 1.14 bits per heavy atom. The summed E-state index contributed by atoms with van der Waals surface area (Å²) in [5, 5.41) is 33.4. The quantitative estimate of drug-likeness (QED) is 0.147. The number of methoxy groups -OCH3 is 2. The molecule has 3 N–H and O–H groups in total. The molecule has 230 valence electrons. The number of nitrogens with one attached hydrogen (secondary N) is 1. The van der Waals surface area contributed by atoms with E-state index in [0.29, 0.717) is 0 Å². The second kappa shape index (κ2) is 12.4. The van der Waals surface area contributed by atoms with E-state index in [-0.39, 0.29) is 39.9 Å². The number of nitrogens with zero attached hydrogens (tertiary/aromatic N) is 5. The van der Waals surface area contributed by atoms with Gasteiger partial charge in [-0.1, -0.05) is 53.7 Å². The third kappa shape index (κ3) is 5.61. The number of rotatable bonds is 12. The Hall–Kier alpha value is -4.80. The first-order chi connectivity index (χ1) is 21.1. The molecular formula is C28H28N6O9S. The number of amides is 2. The van der Waals surface area contributed by atoms with E-state index in [1.165, 1.54) is 20.3 Å². The number of fused-ring (bicyclic) bond motifs is 1. The van der Waals surface area contributed by atoms with Gasteiger partial charge in [0.05, 0.1) is 18.8 Å². The number of hydrogen-bond donors (Lipinski definition) is 3. The molecule has 5 rings (SSSR count). The number of hydrogen-bond acceptors (Lipinski definition) is 11. The van der Waals surface area contributed by atoms with Gasteiger partial charge >= 0.3 is 11.9 Å². The first kappa shape index (κ1) is 30.7. The Morgan fingerprint density at radius 2 is 1.91 bits per heavy atom. The number of aryl methyl sites for hydroxylation is 1. The standard InChI is InChI=1S/C28H28N6O9S/c1-15-7-6-8-16(11-15)12-20-18(14-44-27-30-31-32-33(27)13-21(35)36)22(24(38)39)34-25(40)28(42-3,26(34)43-20)29-23(37)17-9-4-5-10-19(17)41-2/h4-11,20,26H,12-14H2,1-3H3,(H,29,37)(H,35,36)(H,38,39)/t20?,26-,28+/m1/s1. The highest BCUT2D eigenvalue weighted by molar-refractivity contribution is 7.99. The van der Waals surface area contributed by atoms with Crippen molar-refractivity contribution in [2.75, 3.05) is 20.0 Å². The summed E-state index contributed by atoms with van der Waals surface area (Å²) in [5.41, 5.74) is -0.200. The van der Waals surface area contributed by atoms with Gasteiger partial charge in [0.1, 0.15) is 18.0 Å². The lowest BCUT2D eigenvalue weighted by Crippen LogP contribution is -2.83. The minimum Gasteiger partial charge on any atom is -0.496 e. The number of para-hydroxylation sites is 1. The minimum absolute atomic E-state index is 0.0534. The molecule has 1 saturated heterocycles. The summed E-state index contributed by atoms with van der Waals surface area (Å²) in [5.74, 6) is -3.90. The number of thioether (sulfide) groups is 1. The number of carbonyl (C=O) groups excluding carboxylic acids is 2. The molecule has 2 aliphatic rings. The number of carbonyl (C=O) groups is 4. The van der Waals surface area contributed by atoms with Gasteiger partial charge < -0.3 is 29.7 Å². The van der Waals surface area contributed by atoms with E-state index in [1.54, 1.807) is 18.2 Å². The Morgan fingerprint density at radius 3 is 2.59 bits per heavy atom. The van der Waals surface area contributed by atoms with Gasteiger partial charge in [-0.25, -0.2) is 9.48 Å². The molecule has 2 amide bonds. The number of β-lactam (4-membered cyclic amide) rings is 1. The molecule has 2 aromatic carbocycles. The Balaban J connectivity index is 1.52. The van der Waals surface area contributed by atoms with Gasteiger partial charge in [0, 0.05) is 24.9 Å². The van der Waals surface area contributed by atoms with Crippen molar-refractivity contribution in [2.24, 2.45) is 0 Å². The lowest BCUT2D eigenvalue weighted by molar-refractivity contribution is -0.266. The maximum atomic E-state index is 13.7. The van der Waals surface area contributed by atoms with Gasteiger partial charge in [0.15, 0.2) is 6.23 Å². The van der Waals surface area contributed by atoms with Crippen LogP contribution in [0.25, 0.3) is 0 Å². The van der Waals surface area contributed by atoms with Crippen LogP contribution in [0.4, 0.5) is 0 Å². The van der Waals surface area contributed by atoms with Crippen LogP contribution in [-0.2, 0) is 36.8 Å². The van der Waals surface area contributed by atoms with E-state index < -0.39 is 48.4 Å². The fraction of sp³-hybridized carbons (Fsp3) is 0.321. The zero-order valence-electron chi connectivity index (χ0n) is 23.8. The molecule has 3 aromatic rings. The van der Waals surface area contributed by atoms with Gasteiger partial charge in [-0.05, 0) is 35.0 Å². The predicted molar refractivity (Wildman–Crippen MR) is 151 cm³/mol. The monoisotopic (exact) mass is 624 g/mol. The van der Waals surface area contributed by atoms with E-state index in [2.05, 4.69) is 20.8 Å². The van der Waals surface area contributed by atoms with Gasteiger partial charge in [0.25, 0.3) is 17.5 Å². The summed E-state index contributed by atoms with van der Waals surface area (Å²) < 4.78 is 18.3. The number of ether oxygens (including phenoxy) is 3. The summed E-state index contributed by atoms with van der Waals surface area (Å²) in [6.07, 6.45) is -2.01. The molecule has 16 heteroatoms. The van der Waals surface area contributed by atoms with Crippen molar-refractivity contribution < 1.29 is 43.6 Å². The van der Waals surface area contributed by atoms with Crippen molar-refractivity contribution >= 4 is 35.5 Å². The highest BCUT2D eigenvalue weighted by Crippen LogP contribution is 2.44. The van der Waals surface area contributed by atoms with Gasteiger partial charge in [0.2, 0.25) is 5.16 Å². The number of benzene rings is 2. The number of tetrazole rings is 1. The lowest BCUT2D eigenvalue weighted by Gasteiger charge is -2.57. The number of carboxylic acids is 2. The molecule has 0 spiro atoms. The van der Waals surface area contributed by atoms with Gasteiger partial charge in [-0.3, -0.25) is 19.3 Å². The molecule has 1 fully saturated rings. The molecule has 15 nitrogen and oxygen atoms in total. The molecule has 1 unspecified atom stereocenters. The van der Waals surface area contributed by atoms with Crippen molar-refractivity contribution in [3.63, 3.8) is 0 Å². The van der Waals surface area contributed by atoms with Crippen LogP contribution >= 0.6 is 11.8 Å². The fourth-order valence-corrected chi connectivity index (χ4v) is 6.10. The van der Waals surface area contributed by atoms with Crippen molar-refractivity contribution in [1.29, 1.82) is 0 Å². The van der Waals surface area contributed by atoms with E-state index in [0.717, 1.165) is 32.5 Å². The Bertz CT molecular complexity index is 1660. The molecule has 0 radical (unpaired) electrons. The summed E-state index contributed by atoms with van der Waals surface area (Å²) in [6, 6.07) is 14.0. The minimum atomic E-state index is -2.03. The lowest BCUT2D eigenvalue weighted by atomic mass is 9.90. The van der Waals surface area contributed by atoms with Crippen molar-refractivity contribution in [3.8, 4) is 5.75 Å². The van der Waals surface area contributed by atoms with Crippen LogP contribution in [0.5, 0.6) is 5.75 Å². The SMILES string of the molecule is COc1ccccc1C(=O)N[C@]1(OC)C(=O)N2C(C(=O)O)=C(CSc3nnnn3CC(=O)O)C(Cc3cccc(C)c3)O[C@@H]21. The normalized spacial score (nSPS) is 21.0. The van der Waals surface area contributed by atoms with Crippen molar-refractivity contribution in [2.45, 2.75) is 43.1 Å². The van der Waals surface area contributed by atoms with Crippen LogP contribution in [-0.4, -0.2) is 97.1 Å². The summed E-state index contributed by atoms with van der Waals surface area (Å²) in [7, 11) is 2.62. The molecule has 1 aromatic heterocycles. The first-order valence-corrected chi connectivity index (χ1v) is 14.2. The topological polar surface area (TPSA) is 195 Å². The molecule has 2 aliphatic heterocycles. The van der Waals surface area contributed by atoms with Crippen LogP contribution in [0, 0.1) is 6.92 Å². The maximum Gasteiger partial charge on any atom is 0.352 e. The summed E-state index contributed by atoms with van der Waals surface area (Å²) in [4.78, 5) is 52.0. The van der Waals surface area contributed by atoms with Gasteiger partial charge in [-0.2, -0.15) is 0 Å². The second-order valence-electron chi connectivity index (χ2n) is 9.92. The highest BCUT2D eigenvalue weighted by atomic mass is 32.2. The van der Waals surface area contributed by atoms with Crippen LogP contribution in [0.2, 0.25) is 0 Å². The highest BCUT2D eigenvalue weighted by Gasteiger charge is 2.68. The van der Waals surface area contributed by atoms with E-state index in [9.17, 15) is 29.4 Å². The van der Waals surface area contributed by atoms with Crippen LogP contribution in [0.3, 0.4) is 0 Å². The molecule has 3 atom stereocenters. The number of carboxylic acid groups (broad SMARTS) is 2. The molecule has 0 saturated carbocycles. The van der Waals surface area contributed by atoms with Crippen LogP contribution < -0.4 is 10.1 Å². The van der Waals surface area contributed by atoms with Gasteiger partial charge in [-0.15, -0.1) is 5.10 Å². The van der Waals surface area contributed by atoms with Crippen LogP contribution in [0.1, 0.15) is 21.5 Å². The molecule has 3 heterocycles. The third-order valence-corrected chi connectivity index (χ3v) is 8.17. The zero-order chi connectivity index (χ0) is 31.6. The molecule has 0 bridgehead atoms. The first-order valence-electron chi connectivity index (χ1n) is 13.2. The van der Waals surface area contributed by atoms with E-state index in [4.69, 9.17) is 14.2 Å². The van der Waals surface area contributed by atoms with E-state index in [1.807, 2.05) is 31.2 Å². The largest absolute Gasteiger partial charge is 0.496 e. The fourth-order valence-electron chi connectivity index (χ4n) is 5.15. The zero-order valence-corrected chi connectivity index (χ0v) is 24.6. The average Bonchev–Trinajstić information content (AvgIpc) is 3.44. The average molecular weight is 625 g/mol. The summed E-state index contributed by atoms with van der Waals surface area (Å²) >= 11 is 0.997. The third-order valence-electron chi connectivity index (χ3n) is 7.17. The Labute approximate surface area is 254 Å². The predicted octanol–water partition coefficient (Wildman–Crippen LogP) is 1.09. The second-order valence-corrected chi connectivity index (χ2v) is 10.9. The Kier molecular flexibility index (Phi) is 8.66. The smallest absolute Gasteiger partial charge is 0.352 e. The number of aliphatic carboxylic acids is 2. The van der Waals surface area contributed by atoms with E-state index >= 15 is 0 Å². The molecule has 0 aliphatic carbocycles. The van der Waals surface area contributed by atoms with Crippen molar-refractivity contribution in [3.05, 3.63) is 76.5 Å². The van der Waals surface area contributed by atoms with Crippen LogP contribution in [0.15, 0.2) is 65.0 Å².